The fourth-order valence-corrected chi connectivity index (χ4v) is 3.22. The lowest BCUT2D eigenvalue weighted by atomic mass is 9.76. The number of amides is 1. The van der Waals surface area contributed by atoms with E-state index >= 15 is 0 Å². The zero-order chi connectivity index (χ0) is 17.8. The summed E-state index contributed by atoms with van der Waals surface area (Å²) in [5, 5.41) is 12.7. The molecule has 1 aromatic heterocycles. The number of carbonyl (C=O) groups excluding carboxylic acids is 1. The normalized spacial score (nSPS) is 20.4. The summed E-state index contributed by atoms with van der Waals surface area (Å²) in [7, 11) is 3.98. The number of pyridine rings is 1. The molecule has 25 heavy (non-hydrogen) atoms. The van der Waals surface area contributed by atoms with E-state index in [1.165, 1.54) is 0 Å². The molecular weight excluding hydrogens is 314 g/mol. The van der Waals surface area contributed by atoms with Crippen LogP contribution in [-0.2, 0) is 11.2 Å². The van der Waals surface area contributed by atoms with E-state index in [2.05, 4.69) is 10.3 Å². The van der Waals surface area contributed by atoms with Gasteiger partial charge in [0.05, 0.1) is 24.3 Å². The summed E-state index contributed by atoms with van der Waals surface area (Å²) in [6.07, 6.45) is 3.24. The molecule has 1 aromatic carbocycles. The van der Waals surface area contributed by atoms with Gasteiger partial charge in [-0.1, -0.05) is 18.2 Å². The van der Waals surface area contributed by atoms with Crippen LogP contribution in [0.1, 0.15) is 30.1 Å². The lowest BCUT2D eigenvalue weighted by molar-refractivity contribution is -0.122. The predicted octanol–water partition coefficient (Wildman–Crippen LogP) is 2.32. The van der Waals surface area contributed by atoms with E-state index in [0.29, 0.717) is 19.3 Å². The highest BCUT2D eigenvalue weighted by Crippen LogP contribution is 2.37. The van der Waals surface area contributed by atoms with E-state index in [1.807, 2.05) is 61.5 Å². The number of aliphatic hydroxyl groups excluding tert-OH is 1. The molecule has 1 atom stereocenters. The number of hydrogen-bond donors (Lipinski definition) is 2. The molecule has 1 aliphatic rings. The smallest absolute Gasteiger partial charge is 0.224 e. The Labute approximate surface area is 148 Å². The quantitative estimate of drug-likeness (QED) is 0.848. The van der Waals surface area contributed by atoms with Crippen LogP contribution in [-0.4, -0.2) is 36.2 Å². The SMILES string of the molecule is CN(C)c1ccc(CC(=O)N[C@@H](c2ccccn2)C2CC(O)C2)cc1. The Kier molecular flexibility index (Phi) is 5.34. The summed E-state index contributed by atoms with van der Waals surface area (Å²) in [6.45, 7) is 0. The molecule has 1 aliphatic carbocycles. The lowest BCUT2D eigenvalue weighted by Gasteiger charge is -2.37. The highest BCUT2D eigenvalue weighted by atomic mass is 16.3. The molecule has 0 bridgehead atoms. The van der Waals surface area contributed by atoms with Crippen LogP contribution in [0.5, 0.6) is 0 Å². The lowest BCUT2D eigenvalue weighted by Crippen LogP contribution is -2.42. The highest BCUT2D eigenvalue weighted by molar-refractivity contribution is 5.79. The second-order valence-electron chi connectivity index (χ2n) is 6.92. The van der Waals surface area contributed by atoms with E-state index in [9.17, 15) is 9.90 Å². The molecule has 1 fully saturated rings. The molecule has 2 N–H and O–H groups in total. The van der Waals surface area contributed by atoms with Crippen molar-refractivity contribution in [3.63, 3.8) is 0 Å². The minimum Gasteiger partial charge on any atom is -0.393 e. The average Bonchev–Trinajstić information content (AvgIpc) is 2.58. The highest BCUT2D eigenvalue weighted by Gasteiger charge is 2.36. The van der Waals surface area contributed by atoms with Gasteiger partial charge >= 0.3 is 0 Å². The van der Waals surface area contributed by atoms with Gasteiger partial charge in [-0.25, -0.2) is 0 Å². The molecule has 1 saturated carbocycles. The number of benzene rings is 1. The molecule has 0 unspecified atom stereocenters. The first kappa shape index (κ1) is 17.4. The van der Waals surface area contributed by atoms with Crippen molar-refractivity contribution in [2.24, 2.45) is 5.92 Å². The molecule has 132 valence electrons. The summed E-state index contributed by atoms with van der Waals surface area (Å²) in [6, 6.07) is 13.6. The third-order valence-corrected chi connectivity index (χ3v) is 4.76. The molecule has 5 nitrogen and oxygen atoms in total. The first-order chi connectivity index (χ1) is 12.0. The Bertz CT molecular complexity index is 695. The number of carbonyl (C=O) groups is 1. The molecule has 0 radical (unpaired) electrons. The van der Waals surface area contributed by atoms with Crippen molar-refractivity contribution in [2.45, 2.75) is 31.4 Å². The number of nitrogens with zero attached hydrogens (tertiary/aromatic N) is 2. The first-order valence-corrected chi connectivity index (χ1v) is 8.67. The zero-order valence-electron chi connectivity index (χ0n) is 14.7. The largest absolute Gasteiger partial charge is 0.393 e. The van der Waals surface area contributed by atoms with Gasteiger partial charge in [-0.15, -0.1) is 0 Å². The predicted molar refractivity (Wildman–Crippen MR) is 98.3 cm³/mol. The van der Waals surface area contributed by atoms with Crippen LogP contribution in [0.4, 0.5) is 5.69 Å². The van der Waals surface area contributed by atoms with Crippen molar-refractivity contribution in [3.05, 3.63) is 59.9 Å². The van der Waals surface area contributed by atoms with Crippen molar-refractivity contribution >= 4 is 11.6 Å². The maximum Gasteiger partial charge on any atom is 0.224 e. The number of nitrogens with one attached hydrogen (secondary N) is 1. The topological polar surface area (TPSA) is 65.5 Å². The van der Waals surface area contributed by atoms with Gasteiger partial charge in [0, 0.05) is 26.0 Å². The molecular formula is C20H25N3O2. The third-order valence-electron chi connectivity index (χ3n) is 4.76. The second kappa shape index (κ2) is 7.66. The van der Waals surface area contributed by atoms with Crippen LogP contribution in [0.25, 0.3) is 0 Å². The van der Waals surface area contributed by atoms with E-state index in [1.54, 1.807) is 6.20 Å². The molecule has 5 heteroatoms. The van der Waals surface area contributed by atoms with Crippen LogP contribution in [0, 0.1) is 5.92 Å². The summed E-state index contributed by atoms with van der Waals surface area (Å²) in [5.74, 6) is 0.222. The summed E-state index contributed by atoms with van der Waals surface area (Å²) >= 11 is 0. The maximum absolute atomic E-state index is 12.5. The summed E-state index contributed by atoms with van der Waals surface area (Å²) in [4.78, 5) is 19.0. The maximum atomic E-state index is 12.5. The standard InChI is InChI=1S/C20H25N3O2/c1-23(2)16-8-6-14(7-9-16)11-19(25)22-20(15-12-17(24)13-15)18-5-3-4-10-21-18/h3-10,15,17,20,24H,11-13H2,1-2H3,(H,22,25)/t15?,17?,20-/m1/s1. The van der Waals surface area contributed by atoms with Crippen molar-refractivity contribution in [1.82, 2.24) is 10.3 Å². The third kappa shape index (κ3) is 4.37. The van der Waals surface area contributed by atoms with Crippen LogP contribution >= 0.6 is 0 Å². The molecule has 1 amide bonds. The van der Waals surface area contributed by atoms with E-state index in [4.69, 9.17) is 0 Å². The van der Waals surface area contributed by atoms with Gasteiger partial charge < -0.3 is 15.3 Å². The molecule has 2 aromatic rings. The first-order valence-electron chi connectivity index (χ1n) is 8.67. The molecule has 1 heterocycles. The number of rotatable bonds is 6. The van der Waals surface area contributed by atoms with Gasteiger partial charge in [0.2, 0.25) is 5.91 Å². The molecule has 3 rings (SSSR count). The van der Waals surface area contributed by atoms with Gasteiger partial charge in [-0.3, -0.25) is 9.78 Å². The average molecular weight is 339 g/mol. The second-order valence-corrected chi connectivity index (χ2v) is 6.92. The van der Waals surface area contributed by atoms with E-state index < -0.39 is 0 Å². The minimum atomic E-state index is -0.258. The summed E-state index contributed by atoms with van der Waals surface area (Å²) in [5.41, 5.74) is 2.95. The van der Waals surface area contributed by atoms with Crippen LogP contribution in [0.2, 0.25) is 0 Å². The van der Waals surface area contributed by atoms with Crippen LogP contribution in [0.3, 0.4) is 0 Å². The minimum absolute atomic E-state index is 0.0188. The Hall–Kier alpha value is -2.40. The zero-order valence-corrected chi connectivity index (χ0v) is 14.7. The Morgan fingerprint density at radius 3 is 2.52 bits per heavy atom. The molecule has 0 aliphatic heterocycles. The van der Waals surface area contributed by atoms with Gasteiger partial charge in [-0.2, -0.15) is 0 Å². The van der Waals surface area contributed by atoms with E-state index in [0.717, 1.165) is 16.9 Å². The van der Waals surface area contributed by atoms with E-state index in [-0.39, 0.29) is 24.0 Å². The van der Waals surface area contributed by atoms with Crippen molar-refractivity contribution < 1.29 is 9.90 Å². The monoisotopic (exact) mass is 339 g/mol. The number of anilines is 1. The Balaban J connectivity index is 1.66. The van der Waals surface area contributed by atoms with Crippen LogP contribution < -0.4 is 10.2 Å². The van der Waals surface area contributed by atoms with Crippen molar-refractivity contribution in [2.75, 3.05) is 19.0 Å². The van der Waals surface area contributed by atoms with Gasteiger partial charge in [0.15, 0.2) is 0 Å². The fourth-order valence-electron chi connectivity index (χ4n) is 3.22. The fraction of sp³-hybridized carbons (Fsp3) is 0.400. The van der Waals surface area contributed by atoms with Gasteiger partial charge in [0.25, 0.3) is 0 Å². The summed E-state index contributed by atoms with van der Waals surface area (Å²) < 4.78 is 0. The number of hydrogen-bond acceptors (Lipinski definition) is 4. The van der Waals surface area contributed by atoms with Crippen molar-refractivity contribution in [3.8, 4) is 0 Å². The van der Waals surface area contributed by atoms with Gasteiger partial charge in [-0.05, 0) is 48.6 Å². The Morgan fingerprint density at radius 2 is 1.96 bits per heavy atom. The number of aromatic nitrogens is 1. The molecule has 0 spiro atoms. The Morgan fingerprint density at radius 1 is 1.24 bits per heavy atom. The number of aliphatic hydroxyl groups is 1. The van der Waals surface area contributed by atoms with Crippen molar-refractivity contribution in [1.29, 1.82) is 0 Å². The van der Waals surface area contributed by atoms with Crippen LogP contribution in [0.15, 0.2) is 48.7 Å². The van der Waals surface area contributed by atoms with Gasteiger partial charge in [0.1, 0.15) is 0 Å². The molecule has 0 saturated heterocycles.